The number of hydrogen-bond donors (Lipinski definition) is 0. The SMILES string of the molecule is CS(=O)(=O)N=P(P)(P)N1CCCC1. The Bertz CT molecular complexity index is 328. The average molecular weight is 260 g/mol. The predicted molar refractivity (Wildman–Crippen MR) is 64.4 cm³/mol. The smallest absolute Gasteiger partial charge is 0.250 e. The van der Waals surface area contributed by atoms with Crippen molar-refractivity contribution in [1.82, 2.24) is 4.67 Å². The van der Waals surface area contributed by atoms with Crippen molar-refractivity contribution in [3.05, 3.63) is 0 Å². The van der Waals surface area contributed by atoms with Gasteiger partial charge in [-0.05, 0) is 12.8 Å². The van der Waals surface area contributed by atoms with Gasteiger partial charge in [-0.25, -0.2) is 8.42 Å². The number of rotatable bonds is 2. The molecule has 2 atom stereocenters. The molecule has 1 aliphatic heterocycles. The van der Waals surface area contributed by atoms with Gasteiger partial charge in [-0.2, -0.15) is 4.15 Å². The van der Waals surface area contributed by atoms with Crippen molar-refractivity contribution in [2.75, 3.05) is 19.3 Å². The summed E-state index contributed by atoms with van der Waals surface area (Å²) < 4.78 is 28.0. The molecule has 0 aromatic heterocycles. The molecule has 8 heteroatoms. The van der Waals surface area contributed by atoms with E-state index < -0.39 is 16.6 Å². The molecule has 0 aliphatic carbocycles. The maximum absolute atomic E-state index is 11.0. The van der Waals surface area contributed by atoms with Crippen molar-refractivity contribution < 1.29 is 8.42 Å². The molecular formula is C5H15N2O2P3S. The lowest BCUT2D eigenvalue weighted by molar-refractivity contribution is 0.574. The lowest BCUT2D eigenvalue weighted by Gasteiger charge is -2.24. The monoisotopic (exact) mass is 260 g/mol. The average Bonchev–Trinajstić information content (AvgIpc) is 2.29. The van der Waals surface area contributed by atoms with Gasteiger partial charge in [-0.1, -0.05) is 17.9 Å². The Morgan fingerprint density at radius 1 is 1.31 bits per heavy atom. The fourth-order valence-corrected chi connectivity index (χ4v) is 9.02. The predicted octanol–water partition coefficient (Wildman–Crippen LogP) is 1.74. The van der Waals surface area contributed by atoms with Crippen LogP contribution in [-0.2, 0) is 10.0 Å². The molecule has 13 heavy (non-hydrogen) atoms. The zero-order valence-electron chi connectivity index (χ0n) is 7.55. The quantitative estimate of drug-likeness (QED) is 0.710. The zero-order valence-corrected chi connectivity index (χ0v) is 11.6. The molecule has 1 fully saturated rings. The first-order valence-electron chi connectivity index (χ1n) is 3.97. The van der Waals surface area contributed by atoms with Gasteiger partial charge in [0, 0.05) is 13.1 Å². The third kappa shape index (κ3) is 3.93. The van der Waals surface area contributed by atoms with Gasteiger partial charge in [0.25, 0.3) is 10.0 Å². The third-order valence-electron chi connectivity index (χ3n) is 1.81. The summed E-state index contributed by atoms with van der Waals surface area (Å²) in [7, 11) is 1.93. The van der Waals surface area contributed by atoms with Crippen LogP contribution in [-0.4, -0.2) is 32.4 Å². The van der Waals surface area contributed by atoms with E-state index >= 15 is 0 Å². The first-order chi connectivity index (χ1) is 5.81. The topological polar surface area (TPSA) is 49.7 Å². The Balaban J connectivity index is 2.92. The van der Waals surface area contributed by atoms with Crippen molar-refractivity contribution in [1.29, 1.82) is 0 Å². The Kier molecular flexibility index (Phi) is 3.94. The maximum Gasteiger partial charge on any atom is 0.250 e. The molecule has 4 nitrogen and oxygen atoms in total. The van der Waals surface area contributed by atoms with Crippen LogP contribution < -0.4 is 0 Å². The lowest BCUT2D eigenvalue weighted by Crippen LogP contribution is -2.10. The largest absolute Gasteiger partial charge is 0.263 e. The number of hydrogen-bond acceptors (Lipinski definition) is 2. The second-order valence-corrected chi connectivity index (χ2v) is 13.6. The van der Waals surface area contributed by atoms with Crippen LogP contribution in [0.2, 0.25) is 0 Å². The third-order valence-corrected chi connectivity index (χ3v) is 9.01. The molecule has 1 heterocycles. The molecule has 0 N–H and O–H groups in total. The molecule has 2 unspecified atom stereocenters. The van der Waals surface area contributed by atoms with E-state index in [-0.39, 0.29) is 0 Å². The van der Waals surface area contributed by atoms with E-state index in [0.717, 1.165) is 32.2 Å². The molecular weight excluding hydrogens is 245 g/mol. The molecule has 1 rings (SSSR count). The number of nitrogens with zero attached hydrogens (tertiary/aromatic N) is 2. The van der Waals surface area contributed by atoms with Gasteiger partial charge >= 0.3 is 0 Å². The van der Waals surface area contributed by atoms with Crippen molar-refractivity contribution in [3.63, 3.8) is 0 Å². The van der Waals surface area contributed by atoms with Gasteiger partial charge < -0.3 is 0 Å². The van der Waals surface area contributed by atoms with E-state index in [1.165, 1.54) is 0 Å². The molecule has 0 aromatic carbocycles. The minimum atomic E-state index is -3.23. The van der Waals surface area contributed by atoms with Crippen LogP contribution in [0.1, 0.15) is 12.8 Å². The fraction of sp³-hybridized carbons (Fsp3) is 1.00. The maximum atomic E-state index is 11.0. The van der Waals surface area contributed by atoms with E-state index in [4.69, 9.17) is 0 Å². The normalized spacial score (nSPS) is 20.5. The van der Waals surface area contributed by atoms with Gasteiger partial charge in [0.15, 0.2) is 0 Å². The fourth-order valence-electron chi connectivity index (χ4n) is 1.31. The molecule has 0 saturated carbocycles. The second-order valence-electron chi connectivity index (χ2n) is 3.18. The van der Waals surface area contributed by atoms with Crippen molar-refractivity contribution in [2.24, 2.45) is 4.15 Å². The molecule has 0 bridgehead atoms. The van der Waals surface area contributed by atoms with E-state index in [1.54, 1.807) is 0 Å². The van der Waals surface area contributed by atoms with E-state index in [9.17, 15) is 8.42 Å². The van der Waals surface area contributed by atoms with Gasteiger partial charge in [0.05, 0.1) is 12.8 Å². The molecule has 0 amide bonds. The van der Waals surface area contributed by atoms with Crippen molar-refractivity contribution in [3.8, 4) is 0 Å². The summed E-state index contributed by atoms with van der Waals surface area (Å²) in [6.07, 6.45) is 3.43. The molecule has 78 valence electrons. The van der Waals surface area contributed by atoms with Crippen molar-refractivity contribution >= 4 is 34.5 Å². The van der Waals surface area contributed by atoms with Crippen LogP contribution in [0.3, 0.4) is 0 Å². The Labute approximate surface area is 84.2 Å². The minimum absolute atomic E-state index is 0.958. The molecule has 0 aromatic rings. The van der Waals surface area contributed by atoms with E-state index in [1.807, 2.05) is 0 Å². The summed E-state index contributed by atoms with van der Waals surface area (Å²) in [5.41, 5.74) is 0. The molecule has 0 spiro atoms. The Morgan fingerprint density at radius 3 is 2.15 bits per heavy atom. The Hall–Kier alpha value is 1.000. The molecule has 1 saturated heterocycles. The van der Waals surface area contributed by atoms with Gasteiger partial charge in [-0.15, -0.1) is 0 Å². The second kappa shape index (κ2) is 4.24. The van der Waals surface area contributed by atoms with Gasteiger partial charge in [-0.3, -0.25) is 4.67 Å². The molecule has 0 radical (unpaired) electrons. The van der Waals surface area contributed by atoms with Crippen LogP contribution in [0.4, 0.5) is 0 Å². The van der Waals surface area contributed by atoms with Crippen LogP contribution in [0.25, 0.3) is 0 Å². The highest BCUT2D eigenvalue weighted by molar-refractivity contribution is 8.47. The summed E-state index contributed by atoms with van der Waals surface area (Å²) in [5.74, 6) is 0. The Morgan fingerprint density at radius 2 is 1.77 bits per heavy atom. The van der Waals surface area contributed by atoms with Crippen LogP contribution in [0.15, 0.2) is 4.15 Å². The van der Waals surface area contributed by atoms with Gasteiger partial charge in [0.2, 0.25) is 0 Å². The summed E-state index contributed by atoms with van der Waals surface area (Å²) in [6.45, 7) is 0.00828. The van der Waals surface area contributed by atoms with Crippen LogP contribution in [0, 0.1) is 0 Å². The van der Waals surface area contributed by atoms with Crippen LogP contribution >= 0.6 is 24.4 Å². The summed E-state index contributed by atoms with van der Waals surface area (Å²) >= 11 is 0. The lowest BCUT2D eigenvalue weighted by atomic mass is 10.4. The standard InChI is InChI=1S/C5H15N2O2P3S/c1-13(8,9)6-12(10,11)7-4-2-3-5-7/h2-5,10-11H2,1H3. The minimum Gasteiger partial charge on any atom is -0.263 e. The highest BCUT2D eigenvalue weighted by atomic mass is 32.4. The first kappa shape index (κ1) is 12.1. The van der Waals surface area contributed by atoms with E-state index in [0.29, 0.717) is 0 Å². The highest BCUT2D eigenvalue weighted by Gasteiger charge is 2.23. The summed E-state index contributed by atoms with van der Waals surface area (Å²) in [4.78, 5) is 0. The van der Waals surface area contributed by atoms with Crippen molar-refractivity contribution in [2.45, 2.75) is 12.8 Å². The summed E-state index contributed by atoms with van der Waals surface area (Å²) in [6, 6.07) is 0. The summed E-state index contributed by atoms with van der Waals surface area (Å²) in [5, 5.41) is 0. The number of sulfonamides is 1. The van der Waals surface area contributed by atoms with Gasteiger partial charge in [0.1, 0.15) is 0 Å². The van der Waals surface area contributed by atoms with Crippen LogP contribution in [0.5, 0.6) is 0 Å². The van der Waals surface area contributed by atoms with E-state index in [2.05, 4.69) is 26.7 Å². The molecule has 1 aliphatic rings. The highest BCUT2D eigenvalue weighted by Crippen LogP contribution is 2.69. The zero-order chi connectivity index (χ0) is 10.1. The first-order valence-corrected chi connectivity index (χ1v) is 10.8.